The molecule has 0 fully saturated rings. The average molecular weight is 707 g/mol. The van der Waals surface area contributed by atoms with E-state index in [2.05, 4.69) is 36.4 Å². The molecule has 3 aromatic heterocycles. The highest BCUT2D eigenvalue weighted by Crippen LogP contribution is 2.38. The summed E-state index contributed by atoms with van der Waals surface area (Å²) in [6.45, 7) is 0. The van der Waals surface area contributed by atoms with Gasteiger partial charge in [0.2, 0.25) is 0 Å². The molecule has 0 unspecified atom stereocenters. The number of nitrogens with zero attached hydrogens (tertiary/aromatic N) is 6. The first-order valence-corrected chi connectivity index (χ1v) is 18.0. The zero-order chi connectivity index (χ0) is 36.6. The molecule has 7 aromatic carbocycles. The Labute approximate surface area is 316 Å². The standard InChI is InChI=1S/C48H30N6O/c1-5-15-31(16-6-1)35-23-13-24-36(29-35)46-50-43(32-17-7-2-8-18-32)51-47(52-46)37-27-28-38-39-25-14-26-40(42(39)55-41(38)30-37)48-53-44(33-19-9-3-10-20-33)49-45(54-48)34-21-11-4-12-22-34/h1-30H. The first-order chi connectivity index (χ1) is 27.2. The predicted molar refractivity (Wildman–Crippen MR) is 219 cm³/mol. The van der Waals surface area contributed by atoms with Crippen LogP contribution < -0.4 is 0 Å². The molecule has 0 saturated carbocycles. The van der Waals surface area contributed by atoms with Crippen molar-refractivity contribution >= 4 is 21.9 Å². The molecule has 3 heterocycles. The highest BCUT2D eigenvalue weighted by Gasteiger charge is 2.19. The van der Waals surface area contributed by atoms with Crippen molar-refractivity contribution in [2.45, 2.75) is 0 Å². The fraction of sp³-hybridized carbons (Fsp3) is 0. The number of benzene rings is 7. The Hall–Kier alpha value is -7.64. The maximum Gasteiger partial charge on any atom is 0.167 e. The first kappa shape index (κ1) is 32.0. The molecule has 0 amide bonds. The molecule has 55 heavy (non-hydrogen) atoms. The van der Waals surface area contributed by atoms with Crippen LogP contribution in [0.25, 0.3) is 101 Å². The molecular weight excluding hydrogens is 677 g/mol. The van der Waals surface area contributed by atoms with E-state index < -0.39 is 0 Å². The molecule has 10 aromatic rings. The molecule has 0 saturated heterocycles. The van der Waals surface area contributed by atoms with E-state index >= 15 is 0 Å². The third-order valence-electron chi connectivity index (χ3n) is 9.59. The average Bonchev–Trinajstić information content (AvgIpc) is 3.66. The number of hydrogen-bond donors (Lipinski definition) is 0. The molecule has 258 valence electrons. The third kappa shape index (κ3) is 6.19. The lowest BCUT2D eigenvalue weighted by Crippen LogP contribution is -2.00. The van der Waals surface area contributed by atoms with Gasteiger partial charge in [-0.2, -0.15) is 0 Å². The summed E-state index contributed by atoms with van der Waals surface area (Å²) >= 11 is 0. The summed E-state index contributed by atoms with van der Waals surface area (Å²) in [6, 6.07) is 60.8. The Balaban J connectivity index is 1.11. The van der Waals surface area contributed by atoms with Crippen LogP contribution in [0.2, 0.25) is 0 Å². The van der Waals surface area contributed by atoms with Crippen LogP contribution in [0.1, 0.15) is 0 Å². The highest BCUT2D eigenvalue weighted by molar-refractivity contribution is 6.09. The van der Waals surface area contributed by atoms with Gasteiger partial charge in [0.25, 0.3) is 0 Å². The van der Waals surface area contributed by atoms with Gasteiger partial charge in [0.05, 0.1) is 5.56 Å². The van der Waals surface area contributed by atoms with Crippen LogP contribution in [-0.4, -0.2) is 29.9 Å². The maximum atomic E-state index is 6.71. The minimum absolute atomic E-state index is 0.532. The molecular formula is C48H30N6O. The van der Waals surface area contributed by atoms with Gasteiger partial charge in [0, 0.05) is 38.6 Å². The molecule has 0 N–H and O–H groups in total. The summed E-state index contributed by atoms with van der Waals surface area (Å²) in [7, 11) is 0. The Morgan fingerprint density at radius 1 is 0.273 bits per heavy atom. The SMILES string of the molecule is c1ccc(-c2cccc(-c3nc(-c4ccccc4)nc(-c4ccc5c(c4)oc4c(-c6nc(-c7ccccc7)nc(-c7ccccc7)n6)cccc45)n3)c2)cc1. The zero-order valence-electron chi connectivity index (χ0n) is 29.4. The monoisotopic (exact) mass is 706 g/mol. The second-order valence-electron chi connectivity index (χ2n) is 13.2. The van der Waals surface area contributed by atoms with Gasteiger partial charge in [0.15, 0.2) is 34.9 Å². The summed E-state index contributed by atoms with van der Waals surface area (Å²) in [5.74, 6) is 3.45. The van der Waals surface area contributed by atoms with E-state index in [9.17, 15) is 0 Å². The first-order valence-electron chi connectivity index (χ1n) is 18.0. The zero-order valence-corrected chi connectivity index (χ0v) is 29.4. The molecule has 0 bridgehead atoms. The number of hydrogen-bond acceptors (Lipinski definition) is 7. The van der Waals surface area contributed by atoms with Gasteiger partial charge in [-0.15, -0.1) is 0 Å². The highest BCUT2D eigenvalue weighted by atomic mass is 16.3. The Kier molecular flexibility index (Phi) is 8.00. The van der Waals surface area contributed by atoms with Gasteiger partial charge in [-0.3, -0.25) is 0 Å². The number of fused-ring (bicyclic) bond motifs is 3. The second-order valence-corrected chi connectivity index (χ2v) is 13.2. The van der Waals surface area contributed by atoms with Gasteiger partial charge in [-0.1, -0.05) is 158 Å². The van der Waals surface area contributed by atoms with Crippen LogP contribution in [0, 0.1) is 0 Å². The minimum Gasteiger partial charge on any atom is -0.455 e. The van der Waals surface area contributed by atoms with Crippen molar-refractivity contribution in [3.63, 3.8) is 0 Å². The summed E-state index contributed by atoms with van der Waals surface area (Å²) in [5, 5.41) is 1.93. The molecule has 10 rings (SSSR count). The maximum absolute atomic E-state index is 6.71. The number of aromatic nitrogens is 6. The topological polar surface area (TPSA) is 90.5 Å². The Morgan fingerprint density at radius 2 is 0.691 bits per heavy atom. The van der Waals surface area contributed by atoms with E-state index in [4.69, 9.17) is 34.3 Å². The van der Waals surface area contributed by atoms with Crippen molar-refractivity contribution in [3.8, 4) is 79.5 Å². The van der Waals surface area contributed by atoms with E-state index in [0.29, 0.717) is 46.1 Å². The van der Waals surface area contributed by atoms with Crippen molar-refractivity contribution in [3.05, 3.63) is 182 Å². The van der Waals surface area contributed by atoms with Gasteiger partial charge in [-0.25, -0.2) is 29.9 Å². The fourth-order valence-corrected chi connectivity index (χ4v) is 6.86. The molecule has 0 radical (unpaired) electrons. The number of furan rings is 1. The lowest BCUT2D eigenvalue weighted by Gasteiger charge is -2.09. The molecule has 7 heteroatoms. The Morgan fingerprint density at radius 3 is 1.24 bits per heavy atom. The van der Waals surface area contributed by atoms with Gasteiger partial charge in [0.1, 0.15) is 11.2 Å². The lowest BCUT2D eigenvalue weighted by atomic mass is 10.0. The molecule has 0 aliphatic heterocycles. The van der Waals surface area contributed by atoms with Crippen LogP contribution in [0.3, 0.4) is 0 Å². The lowest BCUT2D eigenvalue weighted by molar-refractivity contribution is 0.669. The summed E-state index contributed by atoms with van der Waals surface area (Å²) < 4.78 is 6.71. The molecule has 0 aliphatic carbocycles. The molecule has 0 atom stereocenters. The second kappa shape index (κ2) is 13.7. The predicted octanol–water partition coefficient (Wildman–Crippen LogP) is 11.6. The van der Waals surface area contributed by atoms with Gasteiger partial charge in [-0.05, 0) is 35.4 Å². The molecule has 0 spiro atoms. The van der Waals surface area contributed by atoms with Crippen molar-refractivity contribution in [2.75, 3.05) is 0 Å². The van der Waals surface area contributed by atoms with E-state index in [1.165, 1.54) is 0 Å². The van der Waals surface area contributed by atoms with Crippen LogP contribution in [0.4, 0.5) is 0 Å². The third-order valence-corrected chi connectivity index (χ3v) is 9.59. The van der Waals surface area contributed by atoms with Crippen molar-refractivity contribution in [2.24, 2.45) is 0 Å². The minimum atomic E-state index is 0.532. The van der Waals surface area contributed by atoms with E-state index in [0.717, 1.165) is 55.3 Å². The fourth-order valence-electron chi connectivity index (χ4n) is 6.86. The van der Waals surface area contributed by atoms with Crippen molar-refractivity contribution in [1.29, 1.82) is 0 Å². The summed E-state index contributed by atoms with van der Waals surface area (Å²) in [5.41, 5.74) is 8.82. The summed E-state index contributed by atoms with van der Waals surface area (Å²) in [4.78, 5) is 29.8. The number of para-hydroxylation sites is 1. The van der Waals surface area contributed by atoms with Crippen LogP contribution in [0.15, 0.2) is 186 Å². The van der Waals surface area contributed by atoms with E-state index in [-0.39, 0.29) is 0 Å². The number of rotatable bonds is 7. The Bertz CT molecular complexity index is 2910. The van der Waals surface area contributed by atoms with Crippen molar-refractivity contribution < 1.29 is 4.42 Å². The van der Waals surface area contributed by atoms with Crippen molar-refractivity contribution in [1.82, 2.24) is 29.9 Å². The van der Waals surface area contributed by atoms with Crippen LogP contribution in [0.5, 0.6) is 0 Å². The van der Waals surface area contributed by atoms with E-state index in [1.54, 1.807) is 0 Å². The smallest absolute Gasteiger partial charge is 0.167 e. The largest absolute Gasteiger partial charge is 0.455 e. The van der Waals surface area contributed by atoms with Gasteiger partial charge >= 0.3 is 0 Å². The molecule has 0 aliphatic rings. The molecule has 7 nitrogen and oxygen atoms in total. The van der Waals surface area contributed by atoms with E-state index in [1.807, 2.05) is 146 Å². The van der Waals surface area contributed by atoms with Crippen LogP contribution in [-0.2, 0) is 0 Å². The summed E-state index contributed by atoms with van der Waals surface area (Å²) in [6.07, 6.45) is 0. The van der Waals surface area contributed by atoms with Crippen LogP contribution >= 0.6 is 0 Å². The van der Waals surface area contributed by atoms with Gasteiger partial charge < -0.3 is 4.42 Å². The quantitative estimate of drug-likeness (QED) is 0.163. The normalized spacial score (nSPS) is 11.3.